The predicted octanol–water partition coefficient (Wildman–Crippen LogP) is 17.4. The molecular weight excluding hydrogens is 899 g/mol. The van der Waals surface area contributed by atoms with Crippen LogP contribution in [0, 0.1) is 0 Å². The minimum atomic E-state index is 0.133. The Balaban J connectivity index is 0.931. The van der Waals surface area contributed by atoms with Gasteiger partial charge in [0.15, 0.2) is 11.6 Å². The molecule has 0 radical (unpaired) electrons. The Bertz CT molecular complexity index is 4330. The summed E-state index contributed by atoms with van der Waals surface area (Å²) in [6.45, 7) is 0. The first-order valence-corrected chi connectivity index (χ1v) is 25.4. The van der Waals surface area contributed by atoms with Gasteiger partial charge in [0.25, 0.3) is 0 Å². The number of nitrogens with zero attached hydrogens (tertiary/aromatic N) is 5. The van der Waals surface area contributed by atoms with Gasteiger partial charge in [-0.2, -0.15) is 9.97 Å². The molecule has 1 aliphatic heterocycles. The number of allylic oxidation sites excluding steroid dienone is 2. The fourth-order valence-electron chi connectivity index (χ4n) is 11.9. The average molecular weight is 944 g/mol. The van der Waals surface area contributed by atoms with E-state index in [-0.39, 0.29) is 12.0 Å². The van der Waals surface area contributed by atoms with Crippen LogP contribution < -0.4 is 4.90 Å². The summed E-state index contributed by atoms with van der Waals surface area (Å²) < 4.78 is 2.23. The Morgan fingerprint density at radius 2 is 0.797 bits per heavy atom. The second-order valence-electron chi connectivity index (χ2n) is 19.5. The molecule has 2 unspecified atom stereocenters. The zero-order valence-electron chi connectivity index (χ0n) is 40.2. The van der Waals surface area contributed by atoms with Crippen molar-refractivity contribution in [3.05, 3.63) is 272 Å². The molecule has 2 aromatic heterocycles. The standard InChI is InChI=1S/C69H45N5/c1-5-17-44(18-6-1)47-30-35-63-59(40-47)60-41-50(31-36-64(60)73(63)52-23-11-4-12-24-52)51-33-38-66-62(43-51)61-42-49(48-29-34-57-55-27-14-13-25-53(55)54-26-15-16-28-56(54)58(57)39-48)32-37-65(61)74(66)69-71-67(45-19-7-2-8-20-45)70-68(72-69)46-21-9-3-10-22-46/h1-43,60,64H. The minimum absolute atomic E-state index is 0.133. The lowest BCUT2D eigenvalue weighted by molar-refractivity contribution is 0.747. The van der Waals surface area contributed by atoms with Crippen molar-refractivity contribution in [1.82, 2.24) is 19.5 Å². The molecule has 74 heavy (non-hydrogen) atoms. The van der Waals surface area contributed by atoms with E-state index >= 15 is 0 Å². The van der Waals surface area contributed by atoms with E-state index in [0.717, 1.165) is 49.6 Å². The smallest absolute Gasteiger partial charge is 0.238 e. The number of hydrogen-bond donors (Lipinski definition) is 0. The molecule has 5 heteroatoms. The van der Waals surface area contributed by atoms with Gasteiger partial charge in [-0.1, -0.05) is 206 Å². The van der Waals surface area contributed by atoms with Gasteiger partial charge in [-0.25, -0.2) is 4.98 Å². The molecular formula is C69H45N5. The summed E-state index contributed by atoms with van der Waals surface area (Å²) in [4.78, 5) is 18.2. The molecule has 3 heterocycles. The van der Waals surface area contributed by atoms with Crippen molar-refractivity contribution < 1.29 is 0 Å². The van der Waals surface area contributed by atoms with Gasteiger partial charge >= 0.3 is 0 Å². The summed E-state index contributed by atoms with van der Waals surface area (Å²) in [6.07, 6.45) is 7.25. The SMILES string of the molecule is C1=CC2C(C=C1c1ccc3c(c1)c1cc(-c4ccc5c6ccccc6c6ccccc6c5c4)ccc1n3-c1nc(-c3ccccc3)nc(-c3ccccc3)n1)c1cc(-c3ccccc3)ccc1N2c1ccccc1. The Hall–Kier alpha value is -9.71. The second kappa shape index (κ2) is 17.0. The Morgan fingerprint density at radius 1 is 0.338 bits per heavy atom. The zero-order valence-corrected chi connectivity index (χ0v) is 40.2. The first kappa shape index (κ1) is 42.0. The van der Waals surface area contributed by atoms with Gasteiger partial charge < -0.3 is 4.90 Å². The third-order valence-electron chi connectivity index (χ3n) is 15.3. The van der Waals surface area contributed by atoms with E-state index in [9.17, 15) is 0 Å². The Kier molecular flexibility index (Phi) is 9.64. The number of aromatic nitrogens is 4. The zero-order chi connectivity index (χ0) is 48.7. The van der Waals surface area contributed by atoms with Crippen LogP contribution in [0.2, 0.25) is 0 Å². The van der Waals surface area contributed by atoms with Gasteiger partial charge in [-0.05, 0) is 126 Å². The topological polar surface area (TPSA) is 46.8 Å². The van der Waals surface area contributed by atoms with Crippen molar-refractivity contribution in [3.8, 4) is 51.0 Å². The third-order valence-corrected chi connectivity index (χ3v) is 15.3. The maximum absolute atomic E-state index is 5.28. The fraction of sp³-hybridized carbons (Fsp3) is 0.0290. The van der Waals surface area contributed by atoms with Gasteiger partial charge in [0.05, 0.1) is 17.1 Å². The summed E-state index contributed by atoms with van der Waals surface area (Å²) in [7, 11) is 0. The predicted molar refractivity (Wildman–Crippen MR) is 307 cm³/mol. The van der Waals surface area contributed by atoms with Crippen molar-refractivity contribution in [2.45, 2.75) is 12.0 Å². The largest absolute Gasteiger partial charge is 0.333 e. The molecule has 5 nitrogen and oxygen atoms in total. The molecule has 2 aliphatic rings. The molecule has 13 aromatic rings. The summed E-state index contributed by atoms with van der Waals surface area (Å²) >= 11 is 0. The Morgan fingerprint density at radius 3 is 1.41 bits per heavy atom. The average Bonchev–Trinajstić information content (AvgIpc) is 4.01. The lowest BCUT2D eigenvalue weighted by atomic mass is 9.85. The number of benzene rings is 11. The van der Waals surface area contributed by atoms with Crippen LogP contribution in [0.4, 0.5) is 11.4 Å². The van der Waals surface area contributed by atoms with Crippen molar-refractivity contribution in [2.24, 2.45) is 0 Å². The molecule has 11 aromatic carbocycles. The van der Waals surface area contributed by atoms with Crippen LogP contribution in [-0.4, -0.2) is 25.6 Å². The van der Waals surface area contributed by atoms with E-state index < -0.39 is 0 Å². The number of anilines is 2. The highest BCUT2D eigenvalue weighted by molar-refractivity contribution is 6.26. The lowest BCUT2D eigenvalue weighted by Gasteiger charge is -2.29. The number of fused-ring (bicyclic) bond motifs is 12. The van der Waals surface area contributed by atoms with E-state index in [1.165, 1.54) is 66.0 Å². The lowest BCUT2D eigenvalue weighted by Crippen LogP contribution is -2.28. The molecule has 0 bridgehead atoms. The third kappa shape index (κ3) is 6.82. The fourth-order valence-corrected chi connectivity index (χ4v) is 11.9. The van der Waals surface area contributed by atoms with Crippen LogP contribution in [0.3, 0.4) is 0 Å². The van der Waals surface area contributed by atoms with Gasteiger partial charge in [0, 0.05) is 39.2 Å². The number of rotatable bonds is 7. The van der Waals surface area contributed by atoms with E-state index in [2.05, 4.69) is 234 Å². The molecule has 0 saturated carbocycles. The van der Waals surface area contributed by atoms with E-state index in [4.69, 9.17) is 15.0 Å². The van der Waals surface area contributed by atoms with Crippen LogP contribution in [-0.2, 0) is 0 Å². The van der Waals surface area contributed by atoms with Crippen LogP contribution in [0.15, 0.2) is 261 Å². The first-order chi connectivity index (χ1) is 36.7. The quantitative estimate of drug-likeness (QED) is 0.149. The molecule has 0 fully saturated rings. The van der Waals surface area contributed by atoms with Crippen LogP contribution in [0.25, 0.3) is 111 Å². The molecule has 0 saturated heterocycles. The summed E-state index contributed by atoms with van der Waals surface area (Å²) in [5, 5.41) is 9.82. The molecule has 0 spiro atoms. The second-order valence-corrected chi connectivity index (χ2v) is 19.5. The molecule has 2 atom stereocenters. The molecule has 15 rings (SSSR count). The number of para-hydroxylation sites is 1. The normalized spacial score (nSPS) is 15.0. The molecule has 0 amide bonds. The maximum atomic E-state index is 5.28. The summed E-state index contributed by atoms with van der Waals surface area (Å²) in [6, 6.07) is 87.5. The number of hydrogen-bond acceptors (Lipinski definition) is 4. The van der Waals surface area contributed by atoms with Crippen molar-refractivity contribution in [1.29, 1.82) is 0 Å². The van der Waals surface area contributed by atoms with Crippen molar-refractivity contribution in [2.75, 3.05) is 4.90 Å². The molecule has 1 aliphatic carbocycles. The Labute approximate surface area is 428 Å². The van der Waals surface area contributed by atoms with E-state index in [0.29, 0.717) is 17.6 Å². The van der Waals surface area contributed by atoms with E-state index in [1.807, 2.05) is 36.4 Å². The van der Waals surface area contributed by atoms with Gasteiger partial charge in [-0.3, -0.25) is 4.57 Å². The summed E-state index contributed by atoms with van der Waals surface area (Å²) in [5.41, 5.74) is 14.8. The minimum Gasteiger partial charge on any atom is -0.333 e. The molecule has 346 valence electrons. The maximum Gasteiger partial charge on any atom is 0.238 e. The highest BCUT2D eigenvalue weighted by atomic mass is 15.2. The molecule has 0 N–H and O–H groups in total. The highest BCUT2D eigenvalue weighted by Crippen LogP contribution is 2.51. The summed E-state index contributed by atoms with van der Waals surface area (Å²) in [5.74, 6) is 1.95. The monoisotopic (exact) mass is 943 g/mol. The van der Waals surface area contributed by atoms with Crippen molar-refractivity contribution in [3.63, 3.8) is 0 Å². The first-order valence-electron chi connectivity index (χ1n) is 25.4. The van der Waals surface area contributed by atoms with Gasteiger partial charge in [-0.15, -0.1) is 0 Å². The van der Waals surface area contributed by atoms with Crippen LogP contribution >= 0.6 is 0 Å². The van der Waals surface area contributed by atoms with Gasteiger partial charge in [0.1, 0.15) is 0 Å². The highest BCUT2D eigenvalue weighted by Gasteiger charge is 2.38. The van der Waals surface area contributed by atoms with Crippen LogP contribution in [0.5, 0.6) is 0 Å². The van der Waals surface area contributed by atoms with E-state index in [1.54, 1.807) is 0 Å². The van der Waals surface area contributed by atoms with Crippen LogP contribution in [0.1, 0.15) is 17.0 Å². The van der Waals surface area contributed by atoms with Crippen molar-refractivity contribution >= 4 is 71.1 Å². The van der Waals surface area contributed by atoms with Gasteiger partial charge in [0.2, 0.25) is 5.95 Å².